The fourth-order valence-electron chi connectivity index (χ4n) is 2.18. The Hall–Kier alpha value is -0.580. The highest BCUT2D eigenvalue weighted by molar-refractivity contribution is 14.1. The molecule has 2 nitrogen and oxygen atoms in total. The molecule has 1 saturated heterocycles. The number of nitrogens with zero attached hydrogens (tertiary/aromatic N) is 1. The second-order valence-electron chi connectivity index (χ2n) is 4.48. The number of hydrogen-bond donors (Lipinski definition) is 0. The summed E-state index contributed by atoms with van der Waals surface area (Å²) in [5.74, 6) is 0.829. The molecule has 1 aliphatic heterocycles. The van der Waals surface area contributed by atoms with Gasteiger partial charge in [0, 0.05) is 16.7 Å². The summed E-state index contributed by atoms with van der Waals surface area (Å²) in [6.07, 6.45) is 2.38. The summed E-state index contributed by atoms with van der Waals surface area (Å²) >= 11 is 2.23. The van der Waals surface area contributed by atoms with Gasteiger partial charge in [-0.3, -0.25) is 4.79 Å². The zero-order chi connectivity index (χ0) is 11.5. The van der Waals surface area contributed by atoms with Crippen molar-refractivity contribution in [3.05, 3.63) is 33.4 Å². The molecule has 0 bridgehead atoms. The van der Waals surface area contributed by atoms with E-state index in [1.54, 1.807) is 0 Å². The maximum atomic E-state index is 12.3. The molecule has 1 atom stereocenters. The summed E-state index contributed by atoms with van der Waals surface area (Å²) < 4.78 is 1.04. The minimum absolute atomic E-state index is 0.191. The van der Waals surface area contributed by atoms with E-state index < -0.39 is 0 Å². The maximum Gasteiger partial charge on any atom is 0.254 e. The van der Waals surface area contributed by atoms with E-state index in [4.69, 9.17) is 0 Å². The van der Waals surface area contributed by atoms with Crippen molar-refractivity contribution in [2.24, 2.45) is 5.92 Å². The van der Waals surface area contributed by atoms with E-state index in [-0.39, 0.29) is 5.91 Å². The van der Waals surface area contributed by atoms with Crippen molar-refractivity contribution in [3.8, 4) is 0 Å². The normalized spacial score (nSPS) is 20.9. The first-order valence-corrected chi connectivity index (χ1v) is 6.80. The lowest BCUT2D eigenvalue weighted by Crippen LogP contribution is -2.39. The van der Waals surface area contributed by atoms with Gasteiger partial charge in [0.1, 0.15) is 0 Å². The highest BCUT2D eigenvalue weighted by Crippen LogP contribution is 2.20. The number of likely N-dealkylation sites (tertiary alicyclic amines) is 1. The van der Waals surface area contributed by atoms with Crippen LogP contribution in [0.4, 0.5) is 0 Å². The van der Waals surface area contributed by atoms with Crippen molar-refractivity contribution < 1.29 is 4.79 Å². The highest BCUT2D eigenvalue weighted by Gasteiger charge is 2.22. The fraction of sp³-hybridized carbons (Fsp3) is 0.462. The van der Waals surface area contributed by atoms with Crippen LogP contribution >= 0.6 is 22.6 Å². The molecular formula is C13H16INO. The van der Waals surface area contributed by atoms with Gasteiger partial charge in [-0.05, 0) is 53.5 Å². The van der Waals surface area contributed by atoms with Gasteiger partial charge >= 0.3 is 0 Å². The molecule has 1 unspecified atom stereocenters. The van der Waals surface area contributed by atoms with Crippen LogP contribution in [0.3, 0.4) is 0 Å². The molecule has 3 heteroatoms. The molecule has 1 heterocycles. The van der Waals surface area contributed by atoms with E-state index in [0.717, 1.165) is 28.6 Å². The van der Waals surface area contributed by atoms with E-state index in [9.17, 15) is 4.79 Å². The van der Waals surface area contributed by atoms with Crippen LogP contribution < -0.4 is 0 Å². The van der Waals surface area contributed by atoms with Crippen LogP contribution in [0.5, 0.6) is 0 Å². The van der Waals surface area contributed by atoms with Crippen LogP contribution in [0.1, 0.15) is 30.1 Å². The lowest BCUT2D eigenvalue weighted by Gasteiger charge is -2.31. The lowest BCUT2D eigenvalue weighted by molar-refractivity contribution is 0.0682. The van der Waals surface area contributed by atoms with E-state index in [0.29, 0.717) is 5.92 Å². The Morgan fingerprint density at radius 1 is 1.44 bits per heavy atom. The Morgan fingerprint density at radius 3 is 2.88 bits per heavy atom. The summed E-state index contributed by atoms with van der Waals surface area (Å²) in [7, 11) is 0. The minimum Gasteiger partial charge on any atom is -0.338 e. The minimum atomic E-state index is 0.191. The summed E-state index contributed by atoms with van der Waals surface area (Å²) in [4.78, 5) is 14.3. The molecule has 86 valence electrons. The molecule has 0 aromatic heterocycles. The number of piperidine rings is 1. The van der Waals surface area contributed by atoms with Gasteiger partial charge in [0.05, 0.1) is 5.56 Å². The predicted molar refractivity (Wildman–Crippen MR) is 73.5 cm³/mol. The number of carbonyl (C=O) groups excluding carboxylic acids is 1. The molecule has 1 amide bonds. The standard InChI is InChI=1S/C13H16INO/c1-10-5-4-8-15(9-10)13(16)11-6-2-3-7-12(11)14/h2-3,6-7,10H,4-5,8-9H2,1H3. The highest BCUT2D eigenvalue weighted by atomic mass is 127. The van der Waals surface area contributed by atoms with Gasteiger partial charge in [-0.25, -0.2) is 0 Å². The third-order valence-corrected chi connectivity index (χ3v) is 3.99. The molecule has 1 aliphatic rings. The van der Waals surface area contributed by atoms with Gasteiger partial charge in [0.25, 0.3) is 5.91 Å². The van der Waals surface area contributed by atoms with E-state index in [1.807, 2.05) is 29.2 Å². The average Bonchev–Trinajstić information content (AvgIpc) is 2.29. The summed E-state index contributed by atoms with van der Waals surface area (Å²) in [6, 6.07) is 7.81. The third kappa shape index (κ3) is 2.56. The second-order valence-corrected chi connectivity index (χ2v) is 5.64. The zero-order valence-electron chi connectivity index (χ0n) is 9.45. The molecular weight excluding hydrogens is 313 g/mol. The Bertz CT molecular complexity index is 391. The number of benzene rings is 1. The van der Waals surface area contributed by atoms with E-state index in [1.165, 1.54) is 6.42 Å². The SMILES string of the molecule is CC1CCCN(C(=O)c2ccccc2I)C1. The van der Waals surface area contributed by atoms with Crippen molar-refractivity contribution >= 4 is 28.5 Å². The quantitative estimate of drug-likeness (QED) is 0.725. The van der Waals surface area contributed by atoms with Crippen molar-refractivity contribution in [3.63, 3.8) is 0 Å². The topological polar surface area (TPSA) is 20.3 Å². The molecule has 0 spiro atoms. The predicted octanol–water partition coefficient (Wildman–Crippen LogP) is 3.16. The molecule has 16 heavy (non-hydrogen) atoms. The maximum absolute atomic E-state index is 12.3. The Balaban J connectivity index is 2.16. The van der Waals surface area contributed by atoms with E-state index in [2.05, 4.69) is 29.5 Å². The summed E-state index contributed by atoms with van der Waals surface area (Å²) in [5.41, 5.74) is 0.845. The lowest BCUT2D eigenvalue weighted by atomic mass is 9.99. The smallest absolute Gasteiger partial charge is 0.254 e. The van der Waals surface area contributed by atoms with E-state index >= 15 is 0 Å². The van der Waals surface area contributed by atoms with Crippen LogP contribution in [0.25, 0.3) is 0 Å². The van der Waals surface area contributed by atoms with Crippen molar-refractivity contribution in [2.45, 2.75) is 19.8 Å². The second kappa shape index (κ2) is 5.17. The largest absolute Gasteiger partial charge is 0.338 e. The molecule has 0 aliphatic carbocycles. The molecule has 0 radical (unpaired) electrons. The number of rotatable bonds is 1. The molecule has 0 N–H and O–H groups in total. The summed E-state index contributed by atoms with van der Waals surface area (Å²) in [6.45, 7) is 4.04. The van der Waals surface area contributed by atoms with Crippen molar-refractivity contribution in [1.29, 1.82) is 0 Å². The number of hydrogen-bond acceptors (Lipinski definition) is 1. The number of carbonyl (C=O) groups is 1. The first kappa shape index (κ1) is 11.9. The van der Waals surface area contributed by atoms with Crippen molar-refractivity contribution in [1.82, 2.24) is 4.90 Å². The van der Waals surface area contributed by atoms with Crippen LogP contribution in [0.15, 0.2) is 24.3 Å². The third-order valence-electron chi connectivity index (χ3n) is 3.05. The van der Waals surface area contributed by atoms with Gasteiger partial charge in [-0.1, -0.05) is 19.1 Å². The number of amides is 1. The molecule has 1 aromatic rings. The monoisotopic (exact) mass is 329 g/mol. The molecule has 1 fully saturated rings. The average molecular weight is 329 g/mol. The van der Waals surface area contributed by atoms with Crippen molar-refractivity contribution in [2.75, 3.05) is 13.1 Å². The summed E-state index contributed by atoms with van der Waals surface area (Å²) in [5, 5.41) is 0. The Kier molecular flexibility index (Phi) is 3.84. The Morgan fingerprint density at radius 2 is 2.19 bits per heavy atom. The van der Waals surface area contributed by atoms with Crippen LogP contribution in [-0.4, -0.2) is 23.9 Å². The molecule has 0 saturated carbocycles. The first-order valence-electron chi connectivity index (χ1n) is 5.72. The van der Waals surface area contributed by atoms with Gasteiger partial charge in [-0.15, -0.1) is 0 Å². The van der Waals surface area contributed by atoms with Crippen LogP contribution in [0.2, 0.25) is 0 Å². The molecule has 1 aromatic carbocycles. The number of halogens is 1. The van der Waals surface area contributed by atoms with Crippen LogP contribution in [0, 0.1) is 9.49 Å². The van der Waals surface area contributed by atoms with Gasteiger partial charge in [-0.2, -0.15) is 0 Å². The van der Waals surface area contributed by atoms with Gasteiger partial charge in [0.2, 0.25) is 0 Å². The van der Waals surface area contributed by atoms with Gasteiger partial charge < -0.3 is 4.90 Å². The first-order chi connectivity index (χ1) is 7.68. The molecule has 2 rings (SSSR count). The van der Waals surface area contributed by atoms with Gasteiger partial charge in [0.15, 0.2) is 0 Å². The Labute approximate surface area is 110 Å². The fourth-order valence-corrected chi connectivity index (χ4v) is 2.80. The van der Waals surface area contributed by atoms with Crippen LogP contribution in [-0.2, 0) is 0 Å². The zero-order valence-corrected chi connectivity index (χ0v) is 11.6.